The molecule has 4 nitrogen and oxygen atoms in total. The van der Waals surface area contributed by atoms with Crippen molar-refractivity contribution in [2.45, 2.75) is 13.3 Å². The van der Waals surface area contributed by atoms with Gasteiger partial charge in [0.15, 0.2) is 0 Å². The maximum atomic E-state index is 10.4. The van der Waals surface area contributed by atoms with E-state index in [0.29, 0.717) is 13.0 Å². The molecule has 1 aromatic rings. The molecule has 0 unspecified atom stereocenters. The molecule has 0 aromatic heterocycles. The maximum Gasteiger partial charge on any atom is 0.264 e. The summed E-state index contributed by atoms with van der Waals surface area (Å²) in [6.07, 6.45) is 0.396. The summed E-state index contributed by atoms with van der Waals surface area (Å²) < 4.78 is 29.4. The number of hydrogen-bond donors (Lipinski definition) is 2. The summed E-state index contributed by atoms with van der Waals surface area (Å²) in [5.41, 5.74) is 2.11. The Labute approximate surface area is 118 Å². The van der Waals surface area contributed by atoms with Gasteiger partial charge in [0.2, 0.25) is 0 Å². The van der Waals surface area contributed by atoms with Crippen molar-refractivity contribution < 1.29 is 13.0 Å². The van der Waals surface area contributed by atoms with E-state index < -0.39 is 10.1 Å². The summed E-state index contributed by atoms with van der Waals surface area (Å²) in [5.74, 6) is -0.203. The van der Waals surface area contributed by atoms with Gasteiger partial charge in [-0.15, -0.1) is 0 Å². The largest absolute Gasteiger partial charge is 0.385 e. The van der Waals surface area contributed by atoms with Gasteiger partial charge >= 0.3 is 0 Å². The van der Waals surface area contributed by atoms with Gasteiger partial charge in [-0.05, 0) is 31.0 Å². The van der Waals surface area contributed by atoms with E-state index in [2.05, 4.69) is 5.32 Å². The summed E-state index contributed by atoms with van der Waals surface area (Å²) in [6.45, 7) is 2.52. The van der Waals surface area contributed by atoms with E-state index in [-0.39, 0.29) is 35.3 Å². The Morgan fingerprint density at radius 1 is 1.38 bits per heavy atom. The van der Waals surface area contributed by atoms with Crippen LogP contribution in [0.25, 0.3) is 0 Å². The monoisotopic (exact) mass is 252 g/mol. The molecule has 0 bridgehead atoms. The molecule has 1 radical (unpaired) electrons. The number of anilines is 1. The van der Waals surface area contributed by atoms with Crippen molar-refractivity contribution in [1.82, 2.24) is 0 Å². The van der Waals surface area contributed by atoms with Crippen LogP contribution in [0.1, 0.15) is 12.0 Å². The molecule has 0 aliphatic carbocycles. The molecule has 0 saturated carbocycles. The minimum atomic E-state index is -3.83. The van der Waals surface area contributed by atoms with Crippen LogP contribution < -0.4 is 5.32 Å². The van der Waals surface area contributed by atoms with Gasteiger partial charge in [-0.25, -0.2) is 0 Å². The number of benzene rings is 1. The number of hydrogen-bond acceptors (Lipinski definition) is 3. The summed E-state index contributed by atoms with van der Waals surface area (Å²) in [4.78, 5) is 0. The van der Waals surface area contributed by atoms with Crippen LogP contribution in [0.5, 0.6) is 0 Å². The smallest absolute Gasteiger partial charge is 0.264 e. The summed E-state index contributed by atoms with van der Waals surface area (Å²) in [6, 6.07) is 7.82. The van der Waals surface area contributed by atoms with Crippen molar-refractivity contribution in [2.75, 3.05) is 17.6 Å². The van der Waals surface area contributed by atoms with E-state index in [9.17, 15) is 8.42 Å². The summed E-state index contributed by atoms with van der Waals surface area (Å²) in [7, 11) is -3.83. The molecule has 2 N–H and O–H groups in total. The molecule has 0 aliphatic heterocycles. The molecule has 0 atom stereocenters. The molecule has 0 fully saturated rings. The van der Waals surface area contributed by atoms with Crippen LogP contribution in [0.3, 0.4) is 0 Å². The van der Waals surface area contributed by atoms with Crippen LogP contribution in [0.4, 0.5) is 5.69 Å². The Balaban J connectivity index is 0.00000225. The second-order valence-electron chi connectivity index (χ2n) is 3.44. The van der Waals surface area contributed by atoms with Crippen LogP contribution in [0.2, 0.25) is 0 Å². The first-order chi connectivity index (χ1) is 6.97. The minimum Gasteiger partial charge on any atom is -0.385 e. The van der Waals surface area contributed by atoms with Crippen LogP contribution >= 0.6 is 0 Å². The molecule has 16 heavy (non-hydrogen) atoms. The van der Waals surface area contributed by atoms with Gasteiger partial charge in [-0.1, -0.05) is 12.1 Å². The average Bonchev–Trinajstić information content (AvgIpc) is 2.11. The fourth-order valence-electron chi connectivity index (χ4n) is 1.24. The zero-order valence-electron chi connectivity index (χ0n) is 9.60. The number of nitrogens with one attached hydrogen (secondary N) is 1. The summed E-state index contributed by atoms with van der Waals surface area (Å²) >= 11 is 0. The van der Waals surface area contributed by atoms with Crippen LogP contribution in [0, 0.1) is 6.92 Å². The molecule has 0 amide bonds. The van der Waals surface area contributed by atoms with Crippen LogP contribution in [-0.4, -0.2) is 54.8 Å². The van der Waals surface area contributed by atoms with Crippen molar-refractivity contribution >= 4 is 45.4 Å². The van der Waals surface area contributed by atoms with Gasteiger partial charge < -0.3 is 5.32 Å². The van der Waals surface area contributed by atoms with Gasteiger partial charge in [-0.3, -0.25) is 4.55 Å². The predicted molar refractivity (Wildman–Crippen MR) is 66.5 cm³/mol. The van der Waals surface area contributed by atoms with Crippen molar-refractivity contribution in [2.24, 2.45) is 0 Å². The normalized spacial score (nSPS) is 10.6. The van der Waals surface area contributed by atoms with Gasteiger partial charge in [0.05, 0.1) is 5.75 Å². The van der Waals surface area contributed by atoms with E-state index in [4.69, 9.17) is 4.55 Å². The third-order valence-electron chi connectivity index (χ3n) is 1.93. The van der Waals surface area contributed by atoms with Crippen molar-refractivity contribution in [3.8, 4) is 0 Å². The third-order valence-corrected chi connectivity index (χ3v) is 2.73. The molecule has 6 heteroatoms. The van der Waals surface area contributed by atoms with Crippen molar-refractivity contribution in [1.29, 1.82) is 0 Å². The first-order valence-electron chi connectivity index (χ1n) is 4.73. The quantitative estimate of drug-likeness (QED) is 0.471. The standard InChI is InChI=1S/C10H15NO3S.Na/c1-9-4-2-5-10(8-9)11-6-3-7-15(12,13)14;/h2,4-5,8,11H,3,6-7H2,1H3,(H,12,13,14);. The average molecular weight is 252 g/mol. The van der Waals surface area contributed by atoms with Crippen molar-refractivity contribution in [3.63, 3.8) is 0 Å². The second kappa shape index (κ2) is 7.29. The molecule has 1 aromatic carbocycles. The zero-order valence-corrected chi connectivity index (χ0v) is 12.4. The van der Waals surface area contributed by atoms with Crippen LogP contribution in [-0.2, 0) is 10.1 Å². The molecule has 0 saturated heterocycles. The molecular weight excluding hydrogens is 237 g/mol. The van der Waals surface area contributed by atoms with Gasteiger partial charge in [0, 0.05) is 41.8 Å². The molecule has 0 aliphatic rings. The van der Waals surface area contributed by atoms with Gasteiger partial charge in [0.25, 0.3) is 10.1 Å². The molecular formula is C10H15NNaO3S. The maximum absolute atomic E-state index is 10.4. The van der Waals surface area contributed by atoms with Crippen LogP contribution in [0.15, 0.2) is 24.3 Å². The van der Waals surface area contributed by atoms with E-state index in [1.165, 1.54) is 0 Å². The van der Waals surface area contributed by atoms with E-state index in [1.54, 1.807) is 0 Å². The number of aryl methyl sites for hydroxylation is 1. The van der Waals surface area contributed by atoms with Gasteiger partial charge in [-0.2, -0.15) is 8.42 Å². The SMILES string of the molecule is Cc1cccc(NCCCS(=O)(=O)O)c1.[Na]. The second-order valence-corrected chi connectivity index (χ2v) is 5.01. The first kappa shape index (κ1) is 15.9. The van der Waals surface area contributed by atoms with Crippen molar-refractivity contribution in [3.05, 3.63) is 29.8 Å². The Morgan fingerprint density at radius 2 is 2.06 bits per heavy atom. The number of rotatable bonds is 5. The van der Waals surface area contributed by atoms with E-state index in [1.807, 2.05) is 31.2 Å². The molecule has 85 valence electrons. The van der Waals surface area contributed by atoms with E-state index in [0.717, 1.165) is 11.3 Å². The fourth-order valence-corrected chi connectivity index (χ4v) is 1.75. The molecule has 0 heterocycles. The zero-order chi connectivity index (χ0) is 11.3. The topological polar surface area (TPSA) is 66.4 Å². The Kier molecular flexibility index (Phi) is 7.26. The van der Waals surface area contributed by atoms with Gasteiger partial charge in [0.1, 0.15) is 0 Å². The first-order valence-corrected chi connectivity index (χ1v) is 6.34. The predicted octanol–water partition coefficient (Wildman–Crippen LogP) is 1.30. The Morgan fingerprint density at radius 3 is 2.62 bits per heavy atom. The molecule has 0 spiro atoms. The summed E-state index contributed by atoms with van der Waals surface area (Å²) in [5, 5.41) is 3.08. The third kappa shape index (κ3) is 7.24. The minimum absolute atomic E-state index is 0. The molecule has 1 rings (SSSR count). The fraction of sp³-hybridized carbons (Fsp3) is 0.400. The van der Waals surface area contributed by atoms with E-state index >= 15 is 0 Å². The Bertz CT molecular complexity index is 420. The Hall–Kier alpha value is -0.0700.